The molecule has 19 heavy (non-hydrogen) atoms. The molecule has 0 saturated carbocycles. The second-order valence-corrected chi connectivity index (χ2v) is 5.06. The van der Waals surface area contributed by atoms with Crippen LogP contribution >= 0.6 is 0 Å². The van der Waals surface area contributed by atoms with Crippen molar-refractivity contribution >= 4 is 16.7 Å². The maximum atomic E-state index is 5.95. The first-order valence-corrected chi connectivity index (χ1v) is 6.25. The molecule has 0 radical (unpaired) electrons. The Morgan fingerprint density at radius 2 is 1.95 bits per heavy atom. The van der Waals surface area contributed by atoms with Crippen molar-refractivity contribution in [1.82, 2.24) is 14.5 Å². The molecule has 0 spiro atoms. The Morgan fingerprint density at radius 1 is 1.16 bits per heavy atom. The predicted octanol–water partition coefficient (Wildman–Crippen LogP) is 1.59. The SMILES string of the molecule is Cc1cc2nc3ccc(=[N+](C)C)cc-3[nH]c2cc1N. The van der Waals surface area contributed by atoms with Crippen LogP contribution in [0.4, 0.5) is 5.69 Å². The minimum Gasteiger partial charge on any atom is -0.398 e. The highest BCUT2D eigenvalue weighted by Crippen LogP contribution is 2.23. The molecule has 0 aromatic heterocycles. The Bertz CT molecular complexity index is 810. The number of nitrogen functional groups attached to an aromatic ring is 1. The maximum absolute atomic E-state index is 5.95. The van der Waals surface area contributed by atoms with Crippen LogP contribution in [0.2, 0.25) is 0 Å². The first kappa shape index (κ1) is 11.7. The van der Waals surface area contributed by atoms with Crippen LogP contribution in [0.15, 0.2) is 30.3 Å². The van der Waals surface area contributed by atoms with Crippen molar-refractivity contribution in [3.05, 3.63) is 41.3 Å². The number of aromatic amines is 1. The van der Waals surface area contributed by atoms with E-state index in [-0.39, 0.29) is 0 Å². The lowest BCUT2D eigenvalue weighted by atomic mass is 10.1. The molecule has 2 aliphatic rings. The minimum atomic E-state index is 0.786. The zero-order valence-electron chi connectivity index (χ0n) is 11.4. The molecule has 0 bridgehead atoms. The zero-order chi connectivity index (χ0) is 13.6. The van der Waals surface area contributed by atoms with Gasteiger partial charge in [-0.25, -0.2) is 9.56 Å². The van der Waals surface area contributed by atoms with Gasteiger partial charge in [0.05, 0.1) is 22.4 Å². The first-order chi connectivity index (χ1) is 9.04. The number of rotatable bonds is 0. The van der Waals surface area contributed by atoms with Crippen LogP contribution in [0, 0.1) is 6.92 Å². The number of hydrogen-bond donors (Lipinski definition) is 2. The fourth-order valence-electron chi connectivity index (χ4n) is 2.18. The van der Waals surface area contributed by atoms with Crippen molar-refractivity contribution in [2.24, 2.45) is 0 Å². The van der Waals surface area contributed by atoms with Gasteiger partial charge in [-0.3, -0.25) is 0 Å². The van der Waals surface area contributed by atoms with Gasteiger partial charge in [0.15, 0.2) is 0 Å². The van der Waals surface area contributed by atoms with Crippen molar-refractivity contribution in [2.45, 2.75) is 6.92 Å². The quantitative estimate of drug-likeness (QED) is 0.363. The number of anilines is 1. The fourth-order valence-corrected chi connectivity index (χ4v) is 2.18. The summed E-state index contributed by atoms with van der Waals surface area (Å²) in [6.45, 7) is 2.00. The lowest BCUT2D eigenvalue weighted by molar-refractivity contribution is 0.812. The summed E-state index contributed by atoms with van der Waals surface area (Å²) >= 11 is 0. The molecule has 1 aromatic rings. The van der Waals surface area contributed by atoms with Gasteiger partial charge in [-0.2, -0.15) is 0 Å². The first-order valence-electron chi connectivity index (χ1n) is 6.25. The van der Waals surface area contributed by atoms with E-state index in [1.165, 1.54) is 0 Å². The van der Waals surface area contributed by atoms with Crippen LogP contribution in [-0.2, 0) is 0 Å². The molecule has 4 heteroatoms. The number of nitrogens with two attached hydrogens (primary N) is 1. The van der Waals surface area contributed by atoms with Crippen molar-refractivity contribution in [3.8, 4) is 11.4 Å². The molecule has 3 rings (SSSR count). The summed E-state index contributed by atoms with van der Waals surface area (Å²) in [6, 6.07) is 10.2. The summed E-state index contributed by atoms with van der Waals surface area (Å²) in [5.41, 5.74) is 11.7. The molecule has 0 saturated heterocycles. The van der Waals surface area contributed by atoms with Gasteiger partial charge in [0.2, 0.25) is 5.36 Å². The predicted molar refractivity (Wildman–Crippen MR) is 79.0 cm³/mol. The molecule has 0 unspecified atom stereocenters. The van der Waals surface area contributed by atoms with E-state index in [1.54, 1.807) is 0 Å². The third kappa shape index (κ3) is 1.95. The minimum absolute atomic E-state index is 0.786. The van der Waals surface area contributed by atoms with E-state index < -0.39 is 0 Å². The van der Waals surface area contributed by atoms with Crippen molar-refractivity contribution in [3.63, 3.8) is 0 Å². The summed E-state index contributed by atoms with van der Waals surface area (Å²) in [6.07, 6.45) is 0. The standard InChI is InChI=1S/C15H16N4/c1-9-6-13-15(8-11(9)16)18-14-7-10(19(2)3)4-5-12(14)17-13/h4-8H,1-3H3,(H2,16,18)/p+1. The van der Waals surface area contributed by atoms with Crippen LogP contribution in [0.25, 0.3) is 22.4 Å². The Kier molecular flexibility index (Phi) is 2.52. The summed E-state index contributed by atoms with van der Waals surface area (Å²) in [5.74, 6) is 0. The smallest absolute Gasteiger partial charge is 0.201 e. The summed E-state index contributed by atoms with van der Waals surface area (Å²) in [5, 5.41) is 1.14. The molecule has 4 nitrogen and oxygen atoms in total. The largest absolute Gasteiger partial charge is 0.398 e. The number of H-pyrrole nitrogens is 1. The third-order valence-electron chi connectivity index (χ3n) is 3.39. The van der Waals surface area contributed by atoms with Gasteiger partial charge in [-0.1, -0.05) is 0 Å². The van der Waals surface area contributed by atoms with Gasteiger partial charge < -0.3 is 10.7 Å². The van der Waals surface area contributed by atoms with Crippen LogP contribution in [0.3, 0.4) is 0 Å². The summed E-state index contributed by atoms with van der Waals surface area (Å²) in [4.78, 5) is 8.08. The Labute approximate surface area is 111 Å². The molecule has 0 fully saturated rings. The van der Waals surface area contributed by atoms with E-state index in [0.29, 0.717) is 0 Å². The maximum Gasteiger partial charge on any atom is 0.201 e. The van der Waals surface area contributed by atoms with Crippen molar-refractivity contribution in [1.29, 1.82) is 0 Å². The average molecular weight is 253 g/mol. The van der Waals surface area contributed by atoms with Gasteiger partial charge in [-0.05, 0) is 30.7 Å². The van der Waals surface area contributed by atoms with Crippen molar-refractivity contribution < 1.29 is 0 Å². The molecule has 1 aliphatic carbocycles. The zero-order valence-corrected chi connectivity index (χ0v) is 11.4. The topological polar surface area (TPSA) is 57.7 Å². The summed E-state index contributed by atoms with van der Waals surface area (Å²) in [7, 11) is 4.05. The second kappa shape index (κ2) is 4.09. The normalized spacial score (nSPS) is 11.1. The number of fused-ring (bicyclic) bond motifs is 2. The Hall–Kier alpha value is -2.36. The van der Waals surface area contributed by atoms with Gasteiger partial charge >= 0.3 is 0 Å². The van der Waals surface area contributed by atoms with Crippen LogP contribution < -0.4 is 15.7 Å². The fraction of sp³-hybridized carbons (Fsp3) is 0.200. The molecule has 0 atom stereocenters. The number of nitrogens with one attached hydrogen (secondary N) is 1. The lowest BCUT2D eigenvalue weighted by Gasteiger charge is -2.09. The van der Waals surface area contributed by atoms with Crippen LogP contribution in [0.5, 0.6) is 0 Å². The Balaban J connectivity index is 2.40. The van der Waals surface area contributed by atoms with E-state index in [9.17, 15) is 0 Å². The van der Waals surface area contributed by atoms with Crippen molar-refractivity contribution in [2.75, 3.05) is 19.8 Å². The highest BCUT2D eigenvalue weighted by Gasteiger charge is 2.08. The monoisotopic (exact) mass is 253 g/mol. The second-order valence-electron chi connectivity index (χ2n) is 5.06. The number of aromatic nitrogens is 2. The molecule has 3 N–H and O–H groups in total. The van der Waals surface area contributed by atoms with Crippen LogP contribution in [0.1, 0.15) is 5.56 Å². The van der Waals surface area contributed by atoms with E-state index in [1.807, 2.05) is 39.2 Å². The van der Waals surface area contributed by atoms with Gasteiger partial charge in [-0.15, -0.1) is 0 Å². The molecule has 96 valence electrons. The number of nitrogens with zero attached hydrogens (tertiary/aromatic N) is 2. The average Bonchev–Trinajstić information content (AvgIpc) is 2.37. The highest BCUT2D eigenvalue weighted by atomic mass is 14.9. The molecule has 1 heterocycles. The molecular weight excluding hydrogens is 236 g/mol. The third-order valence-corrected chi connectivity index (χ3v) is 3.39. The Morgan fingerprint density at radius 3 is 2.68 bits per heavy atom. The number of hydrogen-bond acceptors (Lipinski definition) is 2. The van der Waals surface area contributed by atoms with E-state index in [4.69, 9.17) is 5.73 Å². The van der Waals surface area contributed by atoms with E-state index >= 15 is 0 Å². The van der Waals surface area contributed by atoms with Gasteiger partial charge in [0.25, 0.3) is 0 Å². The van der Waals surface area contributed by atoms with E-state index in [0.717, 1.165) is 39.0 Å². The summed E-state index contributed by atoms with van der Waals surface area (Å²) < 4.78 is 2.07. The van der Waals surface area contributed by atoms with Gasteiger partial charge in [0, 0.05) is 17.8 Å². The van der Waals surface area contributed by atoms with E-state index in [2.05, 4.69) is 26.7 Å². The molecular formula is C15H17N4+. The molecule has 1 aromatic carbocycles. The molecule has 1 aliphatic heterocycles. The highest BCUT2D eigenvalue weighted by molar-refractivity contribution is 5.83. The number of aryl methyl sites for hydroxylation is 1. The molecule has 0 amide bonds. The van der Waals surface area contributed by atoms with Gasteiger partial charge in [0.1, 0.15) is 14.1 Å². The lowest BCUT2D eigenvalue weighted by Crippen LogP contribution is -2.21. The number of benzene rings is 2. The van der Waals surface area contributed by atoms with Crippen LogP contribution in [-0.4, -0.2) is 24.1 Å².